The summed E-state index contributed by atoms with van der Waals surface area (Å²) in [5.41, 5.74) is 5.05. The normalized spacial score (nSPS) is 24.5. The van der Waals surface area contributed by atoms with Crippen LogP contribution in [0, 0.1) is 0 Å². The molecular formula is C23H41FN6O4Si2+. The fourth-order valence-corrected chi connectivity index (χ4v) is 8.65. The maximum absolute atomic E-state index is 16.6. The average Bonchev–Trinajstić information content (AvgIpc) is 3.35. The second kappa shape index (κ2) is 12.3. The average molecular weight is 541 g/mol. The molecule has 1 saturated heterocycles. The molecule has 3 heterocycles. The van der Waals surface area contributed by atoms with Crippen LogP contribution >= 0.6 is 0 Å². The van der Waals surface area contributed by atoms with Crippen molar-refractivity contribution in [3.05, 3.63) is 6.33 Å². The lowest BCUT2D eigenvalue weighted by Crippen LogP contribution is -2.47. The number of nitrogen functional groups attached to an aromatic ring is 1. The van der Waals surface area contributed by atoms with E-state index < -0.39 is 32.7 Å². The Morgan fingerprint density at radius 2 is 1.92 bits per heavy atom. The third-order valence-electron chi connectivity index (χ3n) is 6.48. The first-order chi connectivity index (χ1) is 17.1. The largest absolute Gasteiger partial charge is 0.672 e. The summed E-state index contributed by atoms with van der Waals surface area (Å²) in [6, 6.07) is 2.61. The third kappa shape index (κ3) is 5.91. The number of hydrogen-bond acceptors (Lipinski definition) is 9. The van der Waals surface area contributed by atoms with E-state index in [1.807, 2.05) is 14.1 Å². The van der Waals surface area contributed by atoms with Gasteiger partial charge in [-0.15, -0.1) is 0 Å². The molecule has 13 heteroatoms. The molecular weight excluding hydrogens is 499 g/mol. The van der Waals surface area contributed by atoms with Crippen molar-refractivity contribution in [2.24, 2.45) is 0 Å². The van der Waals surface area contributed by atoms with E-state index in [1.54, 1.807) is 16.6 Å². The highest BCUT2D eigenvalue weighted by atomic mass is 28.4. The van der Waals surface area contributed by atoms with E-state index in [4.69, 9.17) is 23.7 Å². The first-order valence-corrected chi connectivity index (χ1v) is 16.1. The Labute approximate surface area is 217 Å². The molecule has 0 unspecified atom stereocenters. The van der Waals surface area contributed by atoms with Gasteiger partial charge >= 0.3 is 18.3 Å². The van der Waals surface area contributed by atoms with Gasteiger partial charge in [0, 0.05) is 21.2 Å². The molecule has 0 bridgehead atoms. The lowest BCUT2D eigenvalue weighted by atomic mass is 9.98. The zero-order chi connectivity index (χ0) is 26.5. The molecule has 1 aliphatic rings. The standard InChI is InChI=1S/C23H41FN6O4Si2/c1-8-11-35-34-18-16(14-32-36(31-7,12-9-2)13-10-3)33-21(23(18,4)24)30-15-26-17-19(29(5)6)27-22(25)28-20(17)30/h15-16,18,21H,8-14H2,1-7H3,(H2,25,27,28)/q+1/t16-,18-,21-,23-/m1/s1. The molecule has 201 valence electrons. The van der Waals surface area contributed by atoms with Crippen LogP contribution in [0.5, 0.6) is 0 Å². The molecule has 4 atom stereocenters. The van der Waals surface area contributed by atoms with E-state index in [2.05, 4.69) is 35.7 Å². The van der Waals surface area contributed by atoms with Crippen molar-refractivity contribution in [1.29, 1.82) is 0 Å². The van der Waals surface area contributed by atoms with Crippen molar-refractivity contribution in [2.45, 2.75) is 89.2 Å². The summed E-state index contributed by atoms with van der Waals surface area (Å²) >= 11 is 0. The van der Waals surface area contributed by atoms with Gasteiger partial charge < -0.3 is 24.2 Å². The summed E-state index contributed by atoms with van der Waals surface area (Å²) in [7, 11) is 3.14. The van der Waals surface area contributed by atoms with Crippen LogP contribution in [0.25, 0.3) is 11.2 Å². The molecule has 1 radical (unpaired) electrons. The minimum Gasteiger partial charge on any atom is -0.398 e. The number of anilines is 2. The maximum atomic E-state index is 16.6. The smallest absolute Gasteiger partial charge is 0.398 e. The number of aromatic nitrogens is 4. The zero-order valence-corrected chi connectivity index (χ0v) is 24.6. The van der Waals surface area contributed by atoms with Gasteiger partial charge in [-0.25, -0.2) is 9.37 Å². The Hall–Kier alpha value is -1.65. The lowest BCUT2D eigenvalue weighted by molar-refractivity contribution is -0.0571. The highest BCUT2D eigenvalue weighted by molar-refractivity contribution is 6.67. The SMILES string of the molecule is CCC[Si+]O[C@@H]1[C@@H](CO[Si](CCC)(CCC)OC)O[C@@H](n2cnc3c(N(C)C)nc(N)nc32)[C@]1(C)F. The number of imidazole rings is 1. The monoisotopic (exact) mass is 540 g/mol. The number of alkyl halides is 1. The summed E-state index contributed by atoms with van der Waals surface area (Å²) in [6.07, 6.45) is 1.96. The van der Waals surface area contributed by atoms with E-state index in [9.17, 15) is 0 Å². The van der Waals surface area contributed by atoms with Gasteiger partial charge in [-0.05, 0) is 25.4 Å². The van der Waals surface area contributed by atoms with Crippen LogP contribution < -0.4 is 10.6 Å². The van der Waals surface area contributed by atoms with Crippen molar-refractivity contribution >= 4 is 41.3 Å². The van der Waals surface area contributed by atoms with Crippen LogP contribution in [0.15, 0.2) is 6.33 Å². The van der Waals surface area contributed by atoms with E-state index in [0.717, 1.165) is 37.4 Å². The quantitative estimate of drug-likeness (QED) is 0.282. The number of ether oxygens (including phenoxy) is 1. The lowest BCUT2D eigenvalue weighted by Gasteiger charge is -2.30. The van der Waals surface area contributed by atoms with Crippen LogP contribution in [-0.4, -0.2) is 83.5 Å². The fourth-order valence-electron chi connectivity index (χ4n) is 4.71. The second-order valence-corrected chi connectivity index (χ2v) is 14.2. The molecule has 10 nitrogen and oxygen atoms in total. The molecule has 0 spiro atoms. The van der Waals surface area contributed by atoms with Crippen LogP contribution in [0.2, 0.25) is 18.1 Å². The molecule has 1 aliphatic heterocycles. The number of nitrogens with two attached hydrogens (primary N) is 1. The minimum atomic E-state index is -2.43. The Morgan fingerprint density at radius 1 is 1.22 bits per heavy atom. The Kier molecular flexibility index (Phi) is 9.85. The van der Waals surface area contributed by atoms with Crippen LogP contribution in [0.3, 0.4) is 0 Å². The van der Waals surface area contributed by atoms with Crippen LogP contribution in [-0.2, 0) is 18.0 Å². The summed E-state index contributed by atoms with van der Waals surface area (Å²) < 4.78 is 43.1. The highest BCUT2D eigenvalue weighted by Crippen LogP contribution is 2.44. The number of fused-ring (bicyclic) bond motifs is 1. The van der Waals surface area contributed by atoms with Crippen molar-refractivity contribution in [3.8, 4) is 0 Å². The van der Waals surface area contributed by atoms with Gasteiger partial charge in [0.2, 0.25) is 5.95 Å². The molecule has 0 amide bonds. The van der Waals surface area contributed by atoms with E-state index in [1.165, 1.54) is 13.3 Å². The Balaban J connectivity index is 1.96. The molecule has 1 fully saturated rings. The summed E-state index contributed by atoms with van der Waals surface area (Å²) in [5.74, 6) is 0.639. The molecule has 0 aliphatic carbocycles. The van der Waals surface area contributed by atoms with E-state index in [0.29, 0.717) is 17.0 Å². The van der Waals surface area contributed by atoms with Gasteiger partial charge in [-0.2, -0.15) is 14.4 Å². The molecule has 0 aromatic carbocycles. The third-order valence-corrected chi connectivity index (χ3v) is 11.6. The second-order valence-electron chi connectivity index (χ2n) is 9.66. The van der Waals surface area contributed by atoms with Crippen molar-refractivity contribution in [1.82, 2.24) is 19.5 Å². The Bertz CT molecular complexity index is 989. The predicted molar refractivity (Wildman–Crippen MR) is 142 cm³/mol. The number of nitrogens with zero attached hydrogens (tertiary/aromatic N) is 5. The minimum absolute atomic E-state index is 0.0821. The number of rotatable bonds is 14. The fraction of sp³-hybridized carbons (Fsp3) is 0.783. The van der Waals surface area contributed by atoms with Gasteiger partial charge in [0.15, 0.2) is 35.0 Å². The van der Waals surface area contributed by atoms with E-state index >= 15 is 4.39 Å². The molecule has 2 aromatic rings. The van der Waals surface area contributed by atoms with Crippen molar-refractivity contribution in [2.75, 3.05) is 38.4 Å². The van der Waals surface area contributed by atoms with Crippen molar-refractivity contribution in [3.63, 3.8) is 0 Å². The Morgan fingerprint density at radius 3 is 2.50 bits per heavy atom. The highest BCUT2D eigenvalue weighted by Gasteiger charge is 2.59. The van der Waals surface area contributed by atoms with Gasteiger partial charge in [0.05, 0.1) is 12.9 Å². The van der Waals surface area contributed by atoms with Gasteiger partial charge in [0.1, 0.15) is 12.1 Å². The summed E-state index contributed by atoms with van der Waals surface area (Å²) in [5, 5.41) is 0. The summed E-state index contributed by atoms with van der Waals surface area (Å²) in [4.78, 5) is 14.9. The van der Waals surface area contributed by atoms with Crippen LogP contribution in [0.4, 0.5) is 16.2 Å². The number of hydrogen-bond donors (Lipinski definition) is 1. The van der Waals surface area contributed by atoms with Crippen molar-refractivity contribution < 1.29 is 22.4 Å². The molecule has 3 rings (SSSR count). The zero-order valence-electron chi connectivity index (χ0n) is 22.6. The molecule has 36 heavy (non-hydrogen) atoms. The van der Waals surface area contributed by atoms with Gasteiger partial charge in [0.25, 0.3) is 0 Å². The number of halogens is 1. The topological polar surface area (TPSA) is 110 Å². The van der Waals surface area contributed by atoms with E-state index in [-0.39, 0.29) is 22.3 Å². The maximum Gasteiger partial charge on any atom is 0.672 e. The predicted octanol–water partition coefficient (Wildman–Crippen LogP) is 3.86. The molecule has 2 N–H and O–H groups in total. The van der Waals surface area contributed by atoms with Gasteiger partial charge in [-0.1, -0.05) is 33.6 Å². The van der Waals surface area contributed by atoms with Crippen LogP contribution in [0.1, 0.15) is 53.2 Å². The first-order valence-electron chi connectivity index (χ1n) is 12.7. The van der Waals surface area contributed by atoms with Gasteiger partial charge in [-0.3, -0.25) is 4.57 Å². The first kappa shape index (κ1) is 28.9. The summed E-state index contributed by atoms with van der Waals surface area (Å²) in [6.45, 7) is 8.04. The molecule has 0 saturated carbocycles. The molecule has 2 aromatic heterocycles.